The smallest absolute Gasteiger partial charge is 0.405 e. The molecule has 0 bridgehead atoms. The molecular formula is C11H13F3N2O2. The number of nitrogens with one attached hydrogen (secondary N) is 1. The van der Waals surface area contributed by atoms with Gasteiger partial charge in [0.15, 0.2) is 0 Å². The zero-order valence-electron chi connectivity index (χ0n) is 9.67. The van der Waals surface area contributed by atoms with E-state index in [2.05, 4.69) is 5.32 Å². The van der Waals surface area contributed by atoms with E-state index in [1.165, 1.54) is 18.2 Å². The number of rotatable bonds is 4. The number of hydrogen-bond donors (Lipinski definition) is 2. The molecule has 0 aliphatic rings. The predicted octanol–water partition coefficient (Wildman–Crippen LogP) is 2.42. The monoisotopic (exact) mass is 262 g/mol. The molecule has 0 amide bonds. The van der Waals surface area contributed by atoms with Gasteiger partial charge in [-0.2, -0.15) is 13.2 Å². The van der Waals surface area contributed by atoms with Crippen molar-refractivity contribution in [3.63, 3.8) is 0 Å². The molecule has 0 saturated heterocycles. The Morgan fingerprint density at radius 1 is 1.44 bits per heavy atom. The van der Waals surface area contributed by atoms with Crippen molar-refractivity contribution in [2.45, 2.75) is 13.1 Å². The minimum absolute atomic E-state index is 0.0600. The Morgan fingerprint density at radius 2 is 2.11 bits per heavy atom. The van der Waals surface area contributed by atoms with E-state index in [4.69, 9.17) is 10.5 Å². The van der Waals surface area contributed by atoms with E-state index < -0.39 is 18.7 Å². The third-order valence-corrected chi connectivity index (χ3v) is 2.04. The lowest BCUT2D eigenvalue weighted by Crippen LogP contribution is -2.21. The fourth-order valence-electron chi connectivity index (χ4n) is 1.26. The molecule has 0 aliphatic heterocycles. The molecule has 0 aliphatic carbocycles. The van der Waals surface area contributed by atoms with E-state index in [9.17, 15) is 18.0 Å². The fraction of sp³-hybridized carbons (Fsp3) is 0.364. The van der Waals surface area contributed by atoms with Crippen molar-refractivity contribution in [2.75, 3.05) is 24.2 Å². The van der Waals surface area contributed by atoms with Crippen LogP contribution in [0, 0.1) is 0 Å². The maximum atomic E-state index is 12.0. The summed E-state index contributed by atoms with van der Waals surface area (Å²) in [4.78, 5) is 11.3. The molecule has 0 fully saturated rings. The fourth-order valence-corrected chi connectivity index (χ4v) is 1.26. The number of nitrogen functional groups attached to an aromatic ring is 1. The van der Waals surface area contributed by atoms with Crippen LogP contribution in [0.1, 0.15) is 17.3 Å². The summed E-state index contributed by atoms with van der Waals surface area (Å²) in [5.74, 6) is -0.563. The van der Waals surface area contributed by atoms with Crippen LogP contribution in [0.5, 0.6) is 0 Å². The van der Waals surface area contributed by atoms with E-state index >= 15 is 0 Å². The summed E-state index contributed by atoms with van der Waals surface area (Å²) in [5.41, 5.74) is 5.93. The van der Waals surface area contributed by atoms with Gasteiger partial charge in [0, 0.05) is 0 Å². The van der Waals surface area contributed by atoms with Gasteiger partial charge in [-0.1, -0.05) is 0 Å². The molecule has 0 spiro atoms. The van der Waals surface area contributed by atoms with E-state index in [1.807, 2.05) is 0 Å². The Labute approximate surface area is 102 Å². The van der Waals surface area contributed by atoms with Gasteiger partial charge >= 0.3 is 12.1 Å². The van der Waals surface area contributed by atoms with Crippen LogP contribution in [-0.4, -0.2) is 25.3 Å². The van der Waals surface area contributed by atoms with E-state index in [0.29, 0.717) is 0 Å². The SMILES string of the molecule is CCOC(=O)c1ccc(NCC(F)(F)F)c(N)c1. The Bertz CT molecular complexity index is 433. The van der Waals surface area contributed by atoms with Gasteiger partial charge in [0.25, 0.3) is 0 Å². The molecule has 7 heteroatoms. The maximum Gasteiger partial charge on any atom is 0.405 e. The molecule has 1 aromatic carbocycles. The van der Waals surface area contributed by atoms with Gasteiger partial charge in [-0.05, 0) is 25.1 Å². The van der Waals surface area contributed by atoms with Crippen molar-refractivity contribution >= 4 is 17.3 Å². The lowest BCUT2D eigenvalue weighted by Gasteiger charge is -2.12. The van der Waals surface area contributed by atoms with E-state index in [0.717, 1.165) is 0 Å². The quantitative estimate of drug-likeness (QED) is 0.646. The lowest BCUT2D eigenvalue weighted by atomic mass is 10.1. The summed E-state index contributed by atoms with van der Waals surface area (Å²) in [6, 6.07) is 3.94. The molecule has 0 unspecified atom stereocenters. The third-order valence-electron chi connectivity index (χ3n) is 2.04. The summed E-state index contributed by atoms with van der Waals surface area (Å²) in [6.45, 7) is 0.684. The predicted molar refractivity (Wildman–Crippen MR) is 61.4 cm³/mol. The van der Waals surface area contributed by atoms with Crippen molar-refractivity contribution in [1.29, 1.82) is 0 Å². The van der Waals surface area contributed by atoms with Gasteiger partial charge in [0.05, 0.1) is 23.5 Å². The largest absolute Gasteiger partial charge is 0.462 e. The number of carbonyl (C=O) groups excluding carboxylic acids is 1. The molecule has 4 nitrogen and oxygen atoms in total. The first kappa shape index (κ1) is 14.1. The Morgan fingerprint density at radius 3 is 2.61 bits per heavy atom. The molecule has 0 saturated carbocycles. The molecule has 0 aromatic heterocycles. The maximum absolute atomic E-state index is 12.0. The topological polar surface area (TPSA) is 64.3 Å². The van der Waals surface area contributed by atoms with E-state index in [-0.39, 0.29) is 23.5 Å². The number of nitrogens with two attached hydrogens (primary N) is 1. The highest BCUT2D eigenvalue weighted by Crippen LogP contribution is 2.23. The minimum atomic E-state index is -4.33. The minimum Gasteiger partial charge on any atom is -0.462 e. The molecule has 3 N–H and O–H groups in total. The zero-order chi connectivity index (χ0) is 13.8. The van der Waals surface area contributed by atoms with E-state index in [1.54, 1.807) is 6.92 Å². The van der Waals surface area contributed by atoms with Crippen LogP contribution in [-0.2, 0) is 4.74 Å². The summed E-state index contributed by atoms with van der Waals surface area (Å²) >= 11 is 0. The lowest BCUT2D eigenvalue weighted by molar-refractivity contribution is -0.115. The molecular weight excluding hydrogens is 249 g/mol. The molecule has 1 rings (SSSR count). The highest BCUT2D eigenvalue weighted by molar-refractivity contribution is 5.91. The highest BCUT2D eigenvalue weighted by atomic mass is 19.4. The van der Waals surface area contributed by atoms with Crippen molar-refractivity contribution in [3.05, 3.63) is 23.8 Å². The number of ether oxygens (including phenoxy) is 1. The molecule has 0 radical (unpaired) electrons. The van der Waals surface area contributed by atoms with Crippen LogP contribution < -0.4 is 11.1 Å². The second-order valence-corrected chi connectivity index (χ2v) is 3.49. The third kappa shape index (κ3) is 4.15. The molecule has 100 valence electrons. The number of alkyl halides is 3. The number of anilines is 2. The van der Waals surface area contributed by atoms with Crippen molar-refractivity contribution in [1.82, 2.24) is 0 Å². The number of halogens is 3. The Hall–Kier alpha value is -1.92. The summed E-state index contributed by atoms with van der Waals surface area (Å²) < 4.78 is 40.8. The highest BCUT2D eigenvalue weighted by Gasteiger charge is 2.26. The van der Waals surface area contributed by atoms with Gasteiger partial charge in [0.1, 0.15) is 6.54 Å². The second kappa shape index (κ2) is 5.61. The number of esters is 1. The zero-order valence-corrected chi connectivity index (χ0v) is 9.67. The average Bonchev–Trinajstić information content (AvgIpc) is 2.26. The molecule has 0 atom stereocenters. The van der Waals surface area contributed by atoms with Crippen LogP contribution in [0.25, 0.3) is 0 Å². The second-order valence-electron chi connectivity index (χ2n) is 3.49. The standard InChI is InChI=1S/C11H13F3N2O2/c1-2-18-10(17)7-3-4-9(8(15)5-7)16-6-11(12,13)14/h3-5,16H,2,6,15H2,1H3. The van der Waals surface area contributed by atoms with Crippen LogP contribution in [0.15, 0.2) is 18.2 Å². The Kier molecular flexibility index (Phi) is 4.41. The van der Waals surface area contributed by atoms with Crippen LogP contribution in [0.4, 0.5) is 24.5 Å². The van der Waals surface area contributed by atoms with Crippen LogP contribution >= 0.6 is 0 Å². The van der Waals surface area contributed by atoms with Crippen LogP contribution in [0.2, 0.25) is 0 Å². The van der Waals surface area contributed by atoms with Gasteiger partial charge < -0.3 is 15.8 Å². The number of benzene rings is 1. The van der Waals surface area contributed by atoms with Gasteiger partial charge in [-0.25, -0.2) is 4.79 Å². The molecule has 0 heterocycles. The Balaban J connectivity index is 2.77. The number of carbonyl (C=O) groups is 1. The van der Waals surface area contributed by atoms with Crippen LogP contribution in [0.3, 0.4) is 0 Å². The first-order valence-electron chi connectivity index (χ1n) is 5.20. The van der Waals surface area contributed by atoms with Crippen molar-refractivity contribution < 1.29 is 22.7 Å². The first-order valence-corrected chi connectivity index (χ1v) is 5.20. The van der Waals surface area contributed by atoms with Gasteiger partial charge in [-0.15, -0.1) is 0 Å². The average molecular weight is 262 g/mol. The molecule has 18 heavy (non-hydrogen) atoms. The number of hydrogen-bond acceptors (Lipinski definition) is 4. The van der Waals surface area contributed by atoms with Gasteiger partial charge in [0.2, 0.25) is 0 Å². The molecule has 1 aromatic rings. The first-order chi connectivity index (χ1) is 8.33. The summed E-state index contributed by atoms with van der Waals surface area (Å²) in [7, 11) is 0. The normalized spacial score (nSPS) is 11.1. The van der Waals surface area contributed by atoms with Crippen molar-refractivity contribution in [2.24, 2.45) is 0 Å². The summed E-state index contributed by atoms with van der Waals surface area (Å²) in [6.07, 6.45) is -4.33. The van der Waals surface area contributed by atoms with Crippen molar-refractivity contribution in [3.8, 4) is 0 Å². The van der Waals surface area contributed by atoms with Gasteiger partial charge in [-0.3, -0.25) is 0 Å². The summed E-state index contributed by atoms with van der Waals surface area (Å²) in [5, 5.41) is 2.15.